The largest absolute Gasteiger partial charge is 0.435 e. The Labute approximate surface area is 198 Å². The second-order valence-electron chi connectivity index (χ2n) is 7.58. The number of carbonyl (C=O) groups is 2. The van der Waals surface area contributed by atoms with Crippen LogP contribution in [0.4, 0.5) is 13.2 Å². The van der Waals surface area contributed by atoms with Crippen molar-refractivity contribution in [2.75, 3.05) is 26.2 Å². The maximum Gasteiger partial charge on any atom is 0.387 e. The van der Waals surface area contributed by atoms with Crippen molar-refractivity contribution < 1.29 is 27.5 Å². The minimum atomic E-state index is -2.97. The number of piperazine rings is 1. The Morgan fingerprint density at radius 2 is 1.65 bits per heavy atom. The number of thiophene rings is 1. The summed E-state index contributed by atoms with van der Waals surface area (Å²) >= 11 is 1.43. The van der Waals surface area contributed by atoms with Gasteiger partial charge in [0.1, 0.15) is 11.6 Å². The molecular formula is C25H21F3N2O3S. The van der Waals surface area contributed by atoms with Gasteiger partial charge < -0.3 is 14.5 Å². The number of amides is 2. The molecule has 176 valence electrons. The van der Waals surface area contributed by atoms with Gasteiger partial charge in [0.2, 0.25) is 0 Å². The zero-order valence-corrected chi connectivity index (χ0v) is 18.8. The molecule has 0 aliphatic carbocycles. The van der Waals surface area contributed by atoms with Crippen molar-refractivity contribution in [3.8, 4) is 5.75 Å². The third-order valence-corrected chi connectivity index (χ3v) is 6.26. The maximum absolute atomic E-state index is 13.4. The van der Waals surface area contributed by atoms with E-state index in [0.29, 0.717) is 37.3 Å². The van der Waals surface area contributed by atoms with E-state index in [2.05, 4.69) is 4.74 Å². The number of alkyl halides is 2. The highest BCUT2D eigenvalue weighted by molar-refractivity contribution is 7.11. The van der Waals surface area contributed by atoms with Gasteiger partial charge in [-0.25, -0.2) is 4.39 Å². The van der Waals surface area contributed by atoms with E-state index in [1.54, 1.807) is 34.1 Å². The lowest BCUT2D eigenvalue weighted by molar-refractivity contribution is -0.126. The maximum atomic E-state index is 13.4. The molecule has 1 aliphatic heterocycles. The number of hydrogen-bond acceptors (Lipinski definition) is 4. The number of hydrogen-bond donors (Lipinski definition) is 0. The van der Waals surface area contributed by atoms with Gasteiger partial charge in [-0.05, 0) is 53.4 Å². The van der Waals surface area contributed by atoms with E-state index in [-0.39, 0.29) is 28.9 Å². The van der Waals surface area contributed by atoms with Crippen LogP contribution in [0.5, 0.6) is 5.75 Å². The number of carbonyl (C=O) groups excluding carboxylic acids is 2. The van der Waals surface area contributed by atoms with Crippen LogP contribution in [-0.2, 0) is 4.79 Å². The molecule has 34 heavy (non-hydrogen) atoms. The van der Waals surface area contributed by atoms with Gasteiger partial charge in [-0.1, -0.05) is 24.3 Å². The molecule has 0 N–H and O–H groups in total. The minimum Gasteiger partial charge on any atom is -0.435 e. The van der Waals surface area contributed by atoms with Crippen LogP contribution in [0, 0.1) is 5.82 Å². The molecule has 0 radical (unpaired) electrons. The lowest BCUT2D eigenvalue weighted by Gasteiger charge is -2.35. The first kappa shape index (κ1) is 23.6. The number of halogens is 3. The molecule has 0 spiro atoms. The summed E-state index contributed by atoms with van der Waals surface area (Å²) in [6.45, 7) is -1.72. The summed E-state index contributed by atoms with van der Waals surface area (Å²) in [5.41, 5.74) is 1.45. The quantitative estimate of drug-likeness (QED) is 0.460. The van der Waals surface area contributed by atoms with Crippen LogP contribution in [0.1, 0.15) is 20.8 Å². The first-order valence-electron chi connectivity index (χ1n) is 10.6. The molecule has 0 unspecified atom stereocenters. The SMILES string of the molecule is O=C(C(=Cc1ccc(F)cc1)c1cccs1)N1CCN(C(=O)c2cccc(OC(F)F)c2)CC1. The van der Waals surface area contributed by atoms with Crippen molar-refractivity contribution in [2.24, 2.45) is 0 Å². The van der Waals surface area contributed by atoms with E-state index in [1.807, 2.05) is 17.5 Å². The number of nitrogens with zero attached hydrogens (tertiary/aromatic N) is 2. The van der Waals surface area contributed by atoms with Crippen molar-refractivity contribution >= 4 is 34.8 Å². The van der Waals surface area contributed by atoms with E-state index in [4.69, 9.17) is 0 Å². The number of benzene rings is 2. The van der Waals surface area contributed by atoms with Crippen LogP contribution >= 0.6 is 11.3 Å². The summed E-state index contributed by atoms with van der Waals surface area (Å²) in [6.07, 6.45) is 1.74. The molecule has 4 rings (SSSR count). The average molecular weight is 487 g/mol. The summed E-state index contributed by atoms with van der Waals surface area (Å²) < 4.78 is 42.6. The van der Waals surface area contributed by atoms with Gasteiger partial charge in [-0.2, -0.15) is 8.78 Å². The van der Waals surface area contributed by atoms with E-state index in [9.17, 15) is 22.8 Å². The second kappa shape index (κ2) is 10.6. The highest BCUT2D eigenvalue weighted by Crippen LogP contribution is 2.26. The van der Waals surface area contributed by atoms with Crippen molar-refractivity contribution in [3.63, 3.8) is 0 Å². The first-order valence-corrected chi connectivity index (χ1v) is 11.4. The molecule has 0 saturated carbocycles. The molecule has 1 saturated heterocycles. The fourth-order valence-electron chi connectivity index (χ4n) is 3.67. The van der Waals surface area contributed by atoms with Crippen LogP contribution < -0.4 is 4.74 Å². The van der Waals surface area contributed by atoms with Crippen molar-refractivity contribution in [2.45, 2.75) is 6.61 Å². The predicted molar refractivity (Wildman–Crippen MR) is 124 cm³/mol. The number of rotatable bonds is 6. The molecule has 1 fully saturated rings. The van der Waals surface area contributed by atoms with Crippen molar-refractivity contribution in [1.82, 2.24) is 9.80 Å². The lowest BCUT2D eigenvalue weighted by Crippen LogP contribution is -2.50. The molecule has 3 aromatic rings. The first-order chi connectivity index (χ1) is 16.4. The summed E-state index contributed by atoms with van der Waals surface area (Å²) in [5.74, 6) is -0.923. The summed E-state index contributed by atoms with van der Waals surface area (Å²) in [6, 6.07) is 15.3. The molecule has 1 aliphatic rings. The number of ether oxygens (including phenoxy) is 1. The van der Waals surface area contributed by atoms with E-state index >= 15 is 0 Å². The third kappa shape index (κ3) is 5.66. The lowest BCUT2D eigenvalue weighted by atomic mass is 10.1. The van der Waals surface area contributed by atoms with Crippen molar-refractivity contribution in [3.05, 3.63) is 87.9 Å². The standard InChI is InChI=1S/C25H21F3N2O3S/c26-19-8-6-17(7-9-19)15-21(22-5-2-14-34-22)24(32)30-12-10-29(11-13-30)23(31)18-3-1-4-20(16-18)33-25(27)28/h1-9,14-16,25H,10-13H2. The molecular weight excluding hydrogens is 465 g/mol. The van der Waals surface area contributed by atoms with Crippen LogP contribution in [-0.4, -0.2) is 54.4 Å². The normalized spacial score (nSPS) is 14.4. The fourth-order valence-corrected chi connectivity index (χ4v) is 4.40. The topological polar surface area (TPSA) is 49.9 Å². The molecule has 9 heteroatoms. The molecule has 2 heterocycles. The fraction of sp³-hybridized carbons (Fsp3) is 0.200. The Morgan fingerprint density at radius 1 is 0.941 bits per heavy atom. The molecule has 1 aromatic heterocycles. The van der Waals surface area contributed by atoms with Crippen LogP contribution in [0.25, 0.3) is 11.6 Å². The summed E-state index contributed by atoms with van der Waals surface area (Å²) in [7, 11) is 0. The Morgan fingerprint density at radius 3 is 2.29 bits per heavy atom. The second-order valence-corrected chi connectivity index (χ2v) is 8.53. The monoisotopic (exact) mass is 486 g/mol. The van der Waals surface area contributed by atoms with Crippen LogP contribution in [0.15, 0.2) is 66.0 Å². The Kier molecular flexibility index (Phi) is 7.32. The smallest absolute Gasteiger partial charge is 0.387 e. The Hall–Kier alpha value is -3.59. The highest BCUT2D eigenvalue weighted by Gasteiger charge is 2.27. The van der Waals surface area contributed by atoms with E-state index in [1.165, 1.54) is 41.7 Å². The third-order valence-electron chi connectivity index (χ3n) is 5.36. The van der Waals surface area contributed by atoms with Gasteiger partial charge in [0.05, 0.1) is 5.57 Å². The zero-order chi connectivity index (χ0) is 24.1. The summed E-state index contributed by atoms with van der Waals surface area (Å²) in [4.78, 5) is 30.3. The van der Waals surface area contributed by atoms with Gasteiger partial charge in [-0.15, -0.1) is 11.3 Å². The predicted octanol–water partition coefficient (Wildman–Crippen LogP) is 5.01. The van der Waals surface area contributed by atoms with Crippen molar-refractivity contribution in [1.29, 1.82) is 0 Å². The van der Waals surface area contributed by atoms with Crippen LogP contribution in [0.3, 0.4) is 0 Å². The minimum absolute atomic E-state index is 0.0822. The van der Waals surface area contributed by atoms with Gasteiger partial charge >= 0.3 is 6.61 Å². The highest BCUT2D eigenvalue weighted by atomic mass is 32.1. The average Bonchev–Trinajstić information content (AvgIpc) is 3.37. The zero-order valence-electron chi connectivity index (χ0n) is 18.0. The van der Waals surface area contributed by atoms with Crippen LogP contribution in [0.2, 0.25) is 0 Å². The van der Waals surface area contributed by atoms with Gasteiger partial charge in [0.25, 0.3) is 11.8 Å². The molecule has 2 amide bonds. The summed E-state index contributed by atoms with van der Waals surface area (Å²) in [5, 5.41) is 1.88. The van der Waals surface area contributed by atoms with Gasteiger partial charge in [0, 0.05) is 36.6 Å². The Bertz CT molecular complexity index is 1170. The van der Waals surface area contributed by atoms with Gasteiger partial charge in [0.15, 0.2) is 0 Å². The van der Waals surface area contributed by atoms with Gasteiger partial charge in [-0.3, -0.25) is 9.59 Å². The molecule has 0 bridgehead atoms. The molecule has 2 aromatic carbocycles. The van der Waals surface area contributed by atoms with E-state index in [0.717, 1.165) is 4.88 Å². The molecule has 0 atom stereocenters. The molecule has 5 nitrogen and oxygen atoms in total. The Balaban J connectivity index is 1.45. The van der Waals surface area contributed by atoms with E-state index < -0.39 is 6.61 Å².